The van der Waals surface area contributed by atoms with E-state index >= 15 is 0 Å². The van der Waals surface area contributed by atoms with Gasteiger partial charge in [0.25, 0.3) is 0 Å². The molecule has 1 atom stereocenters. The molecule has 28 heavy (non-hydrogen) atoms. The van der Waals surface area contributed by atoms with Gasteiger partial charge in [0.05, 0.1) is 26.2 Å². The van der Waals surface area contributed by atoms with Crippen LogP contribution in [0.25, 0.3) is 4.96 Å². The number of aryl methyl sites for hydroxylation is 1. The van der Waals surface area contributed by atoms with E-state index in [1.54, 1.807) is 11.8 Å². The first-order chi connectivity index (χ1) is 13.3. The Labute approximate surface area is 163 Å². The number of fused-ring (bicyclic) bond motifs is 1. The average molecular weight is 408 g/mol. The van der Waals surface area contributed by atoms with Crippen LogP contribution in [0, 0.1) is 18.6 Å². The van der Waals surface area contributed by atoms with Gasteiger partial charge in [0.15, 0.2) is 17.7 Å². The van der Waals surface area contributed by atoms with Gasteiger partial charge in [-0.1, -0.05) is 11.3 Å². The minimum absolute atomic E-state index is 0.0144. The Morgan fingerprint density at radius 2 is 2.00 bits per heavy atom. The minimum atomic E-state index is -0.931. The Morgan fingerprint density at radius 1 is 1.29 bits per heavy atom. The van der Waals surface area contributed by atoms with Crippen LogP contribution >= 0.6 is 11.3 Å². The summed E-state index contributed by atoms with van der Waals surface area (Å²) in [4.78, 5) is 19.9. The number of rotatable bonds is 3. The van der Waals surface area contributed by atoms with Crippen molar-refractivity contribution in [1.29, 1.82) is 0 Å². The third-order valence-corrected chi connectivity index (χ3v) is 6.19. The maximum atomic E-state index is 14.0. The first-order valence-electron chi connectivity index (χ1n) is 8.95. The van der Waals surface area contributed by atoms with Gasteiger partial charge in [-0.3, -0.25) is 4.79 Å². The van der Waals surface area contributed by atoms with E-state index in [2.05, 4.69) is 10.1 Å². The van der Waals surface area contributed by atoms with Crippen molar-refractivity contribution < 1.29 is 23.6 Å². The van der Waals surface area contributed by atoms with E-state index in [9.17, 15) is 18.7 Å². The number of quaternary nitrogens is 1. The van der Waals surface area contributed by atoms with Crippen LogP contribution in [0.4, 0.5) is 8.78 Å². The lowest BCUT2D eigenvalue weighted by Gasteiger charge is -2.36. The third kappa shape index (κ3) is 3.22. The summed E-state index contributed by atoms with van der Waals surface area (Å²) in [5, 5.41) is 14.9. The van der Waals surface area contributed by atoms with E-state index in [0.717, 1.165) is 11.0 Å². The zero-order valence-electron chi connectivity index (χ0n) is 15.4. The van der Waals surface area contributed by atoms with Crippen molar-refractivity contribution in [3.05, 3.63) is 46.1 Å². The molecule has 1 amide bonds. The second kappa shape index (κ2) is 7.10. The lowest BCUT2D eigenvalue weighted by atomic mass is 10.0. The van der Waals surface area contributed by atoms with Crippen molar-refractivity contribution in [3.8, 4) is 5.88 Å². The lowest BCUT2D eigenvalue weighted by molar-refractivity contribution is -0.929. The van der Waals surface area contributed by atoms with E-state index in [1.165, 1.54) is 34.9 Å². The number of aromatic nitrogens is 3. The summed E-state index contributed by atoms with van der Waals surface area (Å²) in [5.74, 6) is -1.34. The number of amides is 1. The molecular weight excluding hydrogens is 388 g/mol. The van der Waals surface area contributed by atoms with Crippen LogP contribution in [-0.4, -0.2) is 56.7 Å². The molecule has 1 saturated heterocycles. The molecule has 1 aliphatic rings. The van der Waals surface area contributed by atoms with Crippen LogP contribution in [0.3, 0.4) is 0 Å². The number of hydrogen-bond acceptors (Lipinski definition) is 5. The van der Waals surface area contributed by atoms with Crippen LogP contribution in [0.2, 0.25) is 0 Å². The molecular formula is C18H20F2N5O2S+. The predicted molar refractivity (Wildman–Crippen MR) is 98.4 cm³/mol. The highest BCUT2D eigenvalue weighted by molar-refractivity contribution is 7.17. The van der Waals surface area contributed by atoms with Gasteiger partial charge in [-0.25, -0.2) is 13.8 Å². The van der Waals surface area contributed by atoms with Crippen molar-refractivity contribution in [1.82, 2.24) is 19.5 Å². The van der Waals surface area contributed by atoms with Crippen LogP contribution in [0.5, 0.6) is 5.88 Å². The van der Waals surface area contributed by atoms with E-state index in [0.29, 0.717) is 47.4 Å². The molecule has 1 fully saturated rings. The molecule has 2 aromatic heterocycles. The number of nitrogens with one attached hydrogen (secondary N) is 1. The number of aromatic hydroxyl groups is 1. The summed E-state index contributed by atoms with van der Waals surface area (Å²) >= 11 is 1.28. The summed E-state index contributed by atoms with van der Waals surface area (Å²) in [6.07, 6.45) is 0. The summed E-state index contributed by atoms with van der Waals surface area (Å²) in [6.45, 7) is 5.63. The van der Waals surface area contributed by atoms with Crippen LogP contribution in [0.1, 0.15) is 29.2 Å². The molecule has 0 spiro atoms. The van der Waals surface area contributed by atoms with Gasteiger partial charge in [0.1, 0.15) is 10.7 Å². The molecule has 7 nitrogen and oxygen atoms in total. The average Bonchev–Trinajstić information content (AvgIpc) is 3.16. The summed E-state index contributed by atoms with van der Waals surface area (Å²) in [7, 11) is 0. The largest absolute Gasteiger partial charge is 0.492 e. The normalized spacial score (nSPS) is 16.6. The molecule has 3 heterocycles. The Balaban J connectivity index is 1.76. The zero-order valence-corrected chi connectivity index (χ0v) is 16.3. The van der Waals surface area contributed by atoms with Gasteiger partial charge in [0.2, 0.25) is 16.7 Å². The van der Waals surface area contributed by atoms with Gasteiger partial charge < -0.3 is 14.9 Å². The van der Waals surface area contributed by atoms with Gasteiger partial charge in [0, 0.05) is 12.5 Å². The fourth-order valence-electron chi connectivity index (χ4n) is 3.70. The maximum Gasteiger partial charge on any atom is 0.235 e. The SMILES string of the molecule is CC(=O)N1CC[NH+]([C@@H](c2ccc(F)c(F)c2)c2sc3nc(C)nn3c2O)CC1. The number of hydrogen-bond donors (Lipinski definition) is 2. The number of benzene rings is 1. The predicted octanol–water partition coefficient (Wildman–Crippen LogP) is 0.919. The fourth-order valence-corrected chi connectivity index (χ4v) is 4.88. The molecule has 0 radical (unpaired) electrons. The Hall–Kier alpha value is -2.59. The van der Waals surface area contributed by atoms with Crippen molar-refractivity contribution in [2.45, 2.75) is 19.9 Å². The zero-order chi connectivity index (χ0) is 20.0. The van der Waals surface area contributed by atoms with Gasteiger partial charge in [-0.2, -0.15) is 4.52 Å². The topological polar surface area (TPSA) is 75.2 Å². The molecule has 148 valence electrons. The lowest BCUT2D eigenvalue weighted by Crippen LogP contribution is -3.15. The van der Waals surface area contributed by atoms with Crippen molar-refractivity contribution in [2.75, 3.05) is 26.2 Å². The van der Waals surface area contributed by atoms with Crippen molar-refractivity contribution in [2.24, 2.45) is 0 Å². The highest BCUT2D eigenvalue weighted by Gasteiger charge is 2.35. The standard InChI is InChI=1S/C18H19F2N5O2S/c1-10-21-18-25(22-10)17(27)16(28-18)15(12-3-4-13(19)14(20)9-12)24-7-5-23(6-8-24)11(2)26/h3-4,9,15,27H,5-8H2,1-2H3/p+1/t15-/m0/s1. The summed E-state index contributed by atoms with van der Waals surface area (Å²) in [6, 6.07) is 3.39. The van der Waals surface area contributed by atoms with Gasteiger partial charge >= 0.3 is 0 Å². The molecule has 3 aromatic rings. The Bertz CT molecular complexity index is 1040. The number of thiazole rings is 1. The molecule has 0 bridgehead atoms. The van der Waals surface area contributed by atoms with Crippen LogP contribution < -0.4 is 4.90 Å². The third-order valence-electron chi connectivity index (χ3n) is 5.10. The highest BCUT2D eigenvalue weighted by atomic mass is 32.1. The molecule has 1 aliphatic heterocycles. The molecule has 4 rings (SSSR count). The number of piperazine rings is 1. The number of carbonyl (C=O) groups excluding carboxylic acids is 1. The van der Waals surface area contributed by atoms with E-state index in [4.69, 9.17) is 0 Å². The number of nitrogens with zero attached hydrogens (tertiary/aromatic N) is 4. The molecule has 0 aliphatic carbocycles. The molecule has 2 N–H and O–H groups in total. The highest BCUT2D eigenvalue weighted by Crippen LogP contribution is 2.35. The van der Waals surface area contributed by atoms with Gasteiger partial charge in [-0.15, -0.1) is 5.10 Å². The van der Waals surface area contributed by atoms with E-state index in [-0.39, 0.29) is 11.8 Å². The Kier molecular flexibility index (Phi) is 4.76. The van der Waals surface area contributed by atoms with Crippen LogP contribution in [-0.2, 0) is 4.79 Å². The van der Waals surface area contributed by atoms with Crippen LogP contribution in [0.15, 0.2) is 18.2 Å². The minimum Gasteiger partial charge on any atom is -0.492 e. The first kappa shape index (κ1) is 18.8. The summed E-state index contributed by atoms with van der Waals surface area (Å²) in [5.41, 5.74) is 0.557. The number of halogens is 2. The Morgan fingerprint density at radius 3 is 2.61 bits per heavy atom. The quantitative estimate of drug-likeness (QED) is 0.676. The first-order valence-corrected chi connectivity index (χ1v) is 9.77. The maximum absolute atomic E-state index is 14.0. The molecule has 10 heteroatoms. The smallest absolute Gasteiger partial charge is 0.235 e. The molecule has 0 unspecified atom stereocenters. The molecule has 0 saturated carbocycles. The summed E-state index contributed by atoms with van der Waals surface area (Å²) < 4.78 is 28.8. The monoisotopic (exact) mass is 408 g/mol. The van der Waals surface area contributed by atoms with Crippen molar-refractivity contribution >= 4 is 22.2 Å². The number of carbonyl (C=O) groups is 1. The van der Waals surface area contributed by atoms with Crippen molar-refractivity contribution in [3.63, 3.8) is 0 Å². The fraction of sp³-hybridized carbons (Fsp3) is 0.389. The van der Waals surface area contributed by atoms with E-state index < -0.39 is 17.7 Å². The van der Waals surface area contributed by atoms with Gasteiger partial charge in [-0.05, 0) is 25.1 Å². The molecule has 1 aromatic carbocycles. The van der Waals surface area contributed by atoms with E-state index in [1.807, 2.05) is 0 Å². The second-order valence-corrected chi connectivity index (χ2v) is 7.92. The second-order valence-electron chi connectivity index (χ2n) is 6.91.